The highest BCUT2D eigenvalue weighted by Crippen LogP contribution is 2.15. The molecule has 1 atom stereocenters. The fraction of sp³-hybridized carbons (Fsp3) is 0.938. The lowest BCUT2D eigenvalue weighted by Crippen LogP contribution is -2.41. The highest BCUT2D eigenvalue weighted by Gasteiger charge is 2.16. The van der Waals surface area contributed by atoms with Gasteiger partial charge in [0.2, 0.25) is 0 Å². The average Bonchev–Trinajstić information content (AvgIpc) is 2.47. The van der Waals surface area contributed by atoms with E-state index in [4.69, 9.17) is 0 Å². The molecule has 2 N–H and O–H groups in total. The minimum absolute atomic E-state index is 0.773. The van der Waals surface area contributed by atoms with Crippen molar-refractivity contribution in [1.82, 2.24) is 15.5 Å². The molecule has 1 fully saturated rings. The summed E-state index contributed by atoms with van der Waals surface area (Å²) in [5.41, 5.74) is 0. The molecule has 1 heterocycles. The molecule has 1 rings (SSSR count). The number of hydrogen-bond acceptors (Lipinski definition) is 2. The molecule has 0 saturated carbocycles. The van der Waals surface area contributed by atoms with Crippen molar-refractivity contribution < 1.29 is 0 Å². The summed E-state index contributed by atoms with van der Waals surface area (Å²) in [4.78, 5) is 6.89. The van der Waals surface area contributed by atoms with Crippen molar-refractivity contribution in [2.45, 2.75) is 64.8 Å². The number of aliphatic imine (C=N–C) groups is 1. The SMILES string of the molecule is CCCCCNC(=NC)NCCCN1CCCCC1C. The third-order valence-corrected chi connectivity index (χ3v) is 4.15. The van der Waals surface area contributed by atoms with E-state index in [9.17, 15) is 0 Å². The van der Waals surface area contributed by atoms with E-state index in [1.54, 1.807) is 0 Å². The van der Waals surface area contributed by atoms with Crippen LogP contribution < -0.4 is 10.6 Å². The molecule has 0 bridgehead atoms. The lowest BCUT2D eigenvalue weighted by molar-refractivity contribution is 0.159. The van der Waals surface area contributed by atoms with Crippen molar-refractivity contribution in [2.24, 2.45) is 4.99 Å². The highest BCUT2D eigenvalue weighted by atomic mass is 15.2. The number of hydrogen-bond donors (Lipinski definition) is 2. The molecule has 4 nitrogen and oxygen atoms in total. The molecule has 20 heavy (non-hydrogen) atoms. The number of nitrogens with zero attached hydrogens (tertiary/aromatic N) is 2. The highest BCUT2D eigenvalue weighted by molar-refractivity contribution is 5.79. The second-order valence-corrected chi connectivity index (χ2v) is 5.87. The number of nitrogens with one attached hydrogen (secondary N) is 2. The van der Waals surface area contributed by atoms with Crippen LogP contribution in [0.25, 0.3) is 0 Å². The fourth-order valence-corrected chi connectivity index (χ4v) is 2.78. The molecule has 1 unspecified atom stereocenters. The van der Waals surface area contributed by atoms with Crippen molar-refractivity contribution in [3.8, 4) is 0 Å². The summed E-state index contributed by atoms with van der Waals surface area (Å²) in [6.45, 7) is 9.12. The van der Waals surface area contributed by atoms with Gasteiger partial charge in [-0.2, -0.15) is 0 Å². The normalized spacial score (nSPS) is 20.9. The topological polar surface area (TPSA) is 39.7 Å². The van der Waals surface area contributed by atoms with Crippen molar-refractivity contribution in [2.75, 3.05) is 33.2 Å². The number of unbranched alkanes of at least 4 members (excludes halogenated alkanes) is 2. The molecule has 0 aliphatic carbocycles. The zero-order valence-electron chi connectivity index (χ0n) is 13.7. The van der Waals surface area contributed by atoms with Crippen LogP contribution in [-0.4, -0.2) is 50.1 Å². The summed E-state index contributed by atoms with van der Waals surface area (Å²) in [6, 6.07) is 0.773. The van der Waals surface area contributed by atoms with Gasteiger partial charge in [-0.05, 0) is 39.2 Å². The van der Waals surface area contributed by atoms with E-state index >= 15 is 0 Å². The molecule has 0 aromatic heterocycles. The molecule has 1 saturated heterocycles. The van der Waals surface area contributed by atoms with Gasteiger partial charge in [-0.25, -0.2) is 0 Å². The molecule has 1 aliphatic rings. The van der Waals surface area contributed by atoms with E-state index in [1.807, 2.05) is 7.05 Å². The van der Waals surface area contributed by atoms with Gasteiger partial charge in [0, 0.05) is 32.7 Å². The molecule has 0 amide bonds. The van der Waals surface area contributed by atoms with Gasteiger partial charge in [-0.15, -0.1) is 0 Å². The van der Waals surface area contributed by atoms with Crippen LogP contribution in [0.1, 0.15) is 58.8 Å². The van der Waals surface area contributed by atoms with Crippen LogP contribution in [0.3, 0.4) is 0 Å². The first-order valence-electron chi connectivity index (χ1n) is 8.46. The maximum absolute atomic E-state index is 4.27. The van der Waals surface area contributed by atoms with E-state index in [0.29, 0.717) is 0 Å². The zero-order valence-corrected chi connectivity index (χ0v) is 13.7. The van der Waals surface area contributed by atoms with Crippen LogP contribution in [0.5, 0.6) is 0 Å². The molecule has 0 aromatic carbocycles. The van der Waals surface area contributed by atoms with Gasteiger partial charge < -0.3 is 15.5 Å². The smallest absolute Gasteiger partial charge is 0.190 e. The number of piperidine rings is 1. The van der Waals surface area contributed by atoms with Crippen LogP contribution in [0.2, 0.25) is 0 Å². The Morgan fingerprint density at radius 3 is 2.55 bits per heavy atom. The minimum atomic E-state index is 0.773. The molecule has 4 heteroatoms. The Morgan fingerprint density at radius 1 is 1.15 bits per heavy atom. The predicted octanol–water partition coefficient (Wildman–Crippen LogP) is 2.61. The van der Waals surface area contributed by atoms with Crippen molar-refractivity contribution >= 4 is 5.96 Å². The Bertz CT molecular complexity index is 265. The first kappa shape index (κ1) is 17.3. The number of guanidine groups is 1. The second kappa shape index (κ2) is 11.0. The van der Waals surface area contributed by atoms with Crippen LogP contribution in [0.15, 0.2) is 4.99 Å². The number of likely N-dealkylation sites (tertiary alicyclic amines) is 1. The van der Waals surface area contributed by atoms with E-state index in [-0.39, 0.29) is 0 Å². The average molecular weight is 282 g/mol. The zero-order chi connectivity index (χ0) is 14.6. The Labute approximate surface area is 125 Å². The van der Waals surface area contributed by atoms with Crippen molar-refractivity contribution in [3.63, 3.8) is 0 Å². The first-order chi connectivity index (χ1) is 9.77. The summed E-state index contributed by atoms with van der Waals surface area (Å²) in [7, 11) is 1.85. The maximum atomic E-state index is 4.27. The Balaban J connectivity index is 2.06. The third kappa shape index (κ3) is 7.13. The van der Waals surface area contributed by atoms with Gasteiger partial charge in [-0.3, -0.25) is 4.99 Å². The lowest BCUT2D eigenvalue weighted by Gasteiger charge is -2.33. The molecule has 1 aliphatic heterocycles. The van der Waals surface area contributed by atoms with Crippen LogP contribution >= 0.6 is 0 Å². The van der Waals surface area contributed by atoms with Crippen LogP contribution in [-0.2, 0) is 0 Å². The summed E-state index contributed by atoms with van der Waals surface area (Å²) >= 11 is 0. The first-order valence-corrected chi connectivity index (χ1v) is 8.46. The fourth-order valence-electron chi connectivity index (χ4n) is 2.78. The Morgan fingerprint density at radius 2 is 1.90 bits per heavy atom. The Hall–Kier alpha value is -0.770. The largest absolute Gasteiger partial charge is 0.356 e. The molecular weight excluding hydrogens is 248 g/mol. The van der Waals surface area contributed by atoms with Crippen molar-refractivity contribution in [3.05, 3.63) is 0 Å². The van der Waals surface area contributed by atoms with E-state index in [0.717, 1.165) is 25.1 Å². The monoisotopic (exact) mass is 282 g/mol. The van der Waals surface area contributed by atoms with E-state index in [1.165, 1.54) is 58.0 Å². The van der Waals surface area contributed by atoms with E-state index in [2.05, 4.69) is 34.4 Å². The van der Waals surface area contributed by atoms with Crippen molar-refractivity contribution in [1.29, 1.82) is 0 Å². The summed E-state index contributed by atoms with van der Waals surface area (Å²) < 4.78 is 0. The van der Waals surface area contributed by atoms with Crippen LogP contribution in [0.4, 0.5) is 0 Å². The number of rotatable bonds is 8. The molecule has 0 aromatic rings. The quantitative estimate of drug-likeness (QED) is 0.408. The molecule has 118 valence electrons. The van der Waals surface area contributed by atoms with E-state index < -0.39 is 0 Å². The Kier molecular flexibility index (Phi) is 9.46. The van der Waals surface area contributed by atoms with Gasteiger partial charge in [-0.1, -0.05) is 26.2 Å². The third-order valence-electron chi connectivity index (χ3n) is 4.15. The van der Waals surface area contributed by atoms with Gasteiger partial charge in [0.05, 0.1) is 0 Å². The summed E-state index contributed by atoms with van der Waals surface area (Å²) in [5.74, 6) is 0.952. The predicted molar refractivity (Wildman–Crippen MR) is 88.4 cm³/mol. The molecule has 0 spiro atoms. The second-order valence-electron chi connectivity index (χ2n) is 5.87. The van der Waals surface area contributed by atoms with Crippen LogP contribution in [0, 0.1) is 0 Å². The maximum Gasteiger partial charge on any atom is 0.190 e. The molecule has 0 radical (unpaired) electrons. The molecular formula is C16H34N4. The van der Waals surface area contributed by atoms with Gasteiger partial charge in [0.15, 0.2) is 5.96 Å². The standard InChI is InChI=1S/C16H34N4/c1-4-5-7-11-18-16(17-3)19-12-9-14-20-13-8-6-10-15(20)2/h15H,4-14H2,1-3H3,(H2,17,18,19). The van der Waals surface area contributed by atoms with Gasteiger partial charge in [0.1, 0.15) is 0 Å². The lowest BCUT2D eigenvalue weighted by atomic mass is 10.0. The van der Waals surface area contributed by atoms with Gasteiger partial charge >= 0.3 is 0 Å². The summed E-state index contributed by atoms with van der Waals surface area (Å²) in [5, 5.41) is 6.79. The van der Waals surface area contributed by atoms with Gasteiger partial charge in [0.25, 0.3) is 0 Å². The summed E-state index contributed by atoms with van der Waals surface area (Å²) in [6.07, 6.45) is 9.12. The minimum Gasteiger partial charge on any atom is -0.356 e.